The van der Waals surface area contributed by atoms with Gasteiger partial charge in [-0.15, -0.1) is 0 Å². The number of carbonyl (C=O) groups is 3. The lowest BCUT2D eigenvalue weighted by atomic mass is 10.2. The zero-order valence-electron chi connectivity index (χ0n) is 15.4. The summed E-state index contributed by atoms with van der Waals surface area (Å²) in [6.45, 7) is 4.49. The van der Waals surface area contributed by atoms with Crippen molar-refractivity contribution in [2.75, 3.05) is 23.3 Å². The van der Waals surface area contributed by atoms with Gasteiger partial charge in [-0.3, -0.25) is 14.4 Å². The molecule has 0 spiro atoms. The Hall–Kier alpha value is -3.16. The second kappa shape index (κ2) is 8.03. The monoisotopic (exact) mass is 369 g/mol. The van der Waals surface area contributed by atoms with E-state index in [1.54, 1.807) is 46.1 Å². The van der Waals surface area contributed by atoms with Crippen molar-refractivity contribution >= 4 is 29.2 Å². The number of nitrogens with zero attached hydrogens (tertiary/aromatic N) is 3. The average molecular weight is 369 g/mol. The maximum absolute atomic E-state index is 12.2. The summed E-state index contributed by atoms with van der Waals surface area (Å²) in [6, 6.07) is 8.63. The molecule has 1 aliphatic rings. The van der Waals surface area contributed by atoms with Gasteiger partial charge in [0.25, 0.3) is 5.91 Å². The molecule has 3 amide bonds. The van der Waals surface area contributed by atoms with Crippen molar-refractivity contribution in [1.82, 2.24) is 15.1 Å². The first-order valence-corrected chi connectivity index (χ1v) is 8.97. The molecule has 1 aromatic carbocycles. The third-order valence-corrected chi connectivity index (χ3v) is 4.35. The van der Waals surface area contributed by atoms with Gasteiger partial charge in [0.15, 0.2) is 0 Å². The zero-order chi connectivity index (χ0) is 19.4. The van der Waals surface area contributed by atoms with Crippen LogP contribution in [0.15, 0.2) is 36.5 Å². The molecule has 1 aliphatic heterocycles. The van der Waals surface area contributed by atoms with Gasteiger partial charge in [0.2, 0.25) is 11.8 Å². The van der Waals surface area contributed by atoms with E-state index >= 15 is 0 Å². The van der Waals surface area contributed by atoms with E-state index in [0.29, 0.717) is 24.3 Å². The van der Waals surface area contributed by atoms with Crippen LogP contribution >= 0.6 is 0 Å². The molecular weight excluding hydrogens is 346 g/mol. The fraction of sp³-hybridized carbons (Fsp3) is 0.368. The largest absolute Gasteiger partial charge is 0.343 e. The highest BCUT2D eigenvalue weighted by Crippen LogP contribution is 2.21. The number of aromatic nitrogens is 2. The van der Waals surface area contributed by atoms with Crippen LogP contribution in [0.4, 0.5) is 11.5 Å². The third kappa shape index (κ3) is 4.33. The van der Waals surface area contributed by atoms with Gasteiger partial charge in [-0.05, 0) is 44.5 Å². The second-order valence-corrected chi connectivity index (χ2v) is 6.68. The molecule has 0 atom stereocenters. The average Bonchev–Trinajstić information content (AvgIpc) is 3.28. The molecule has 2 aromatic rings. The number of benzene rings is 1. The maximum atomic E-state index is 12.2. The Labute approximate surface area is 157 Å². The van der Waals surface area contributed by atoms with Gasteiger partial charge in [0.05, 0.1) is 12.7 Å². The number of amides is 3. The Morgan fingerprint density at radius 3 is 2.56 bits per heavy atom. The Kier molecular flexibility index (Phi) is 5.54. The maximum Gasteiger partial charge on any atom is 0.251 e. The third-order valence-electron chi connectivity index (χ3n) is 4.35. The highest BCUT2D eigenvalue weighted by atomic mass is 16.2. The number of rotatable bonds is 6. The SMILES string of the molecule is CC(C)n1nccc1NC(=O)CNC(=O)c1ccc(N2CCCC2=O)cc1. The van der Waals surface area contributed by atoms with Gasteiger partial charge in [0, 0.05) is 36.3 Å². The van der Waals surface area contributed by atoms with Crippen LogP contribution in [0.2, 0.25) is 0 Å². The highest BCUT2D eigenvalue weighted by molar-refractivity contribution is 6.00. The minimum atomic E-state index is -0.346. The zero-order valence-corrected chi connectivity index (χ0v) is 15.4. The molecule has 2 heterocycles. The lowest BCUT2D eigenvalue weighted by Gasteiger charge is -2.16. The summed E-state index contributed by atoms with van der Waals surface area (Å²) in [7, 11) is 0. The van der Waals surface area contributed by atoms with Gasteiger partial charge >= 0.3 is 0 Å². The summed E-state index contributed by atoms with van der Waals surface area (Å²) in [5.41, 5.74) is 1.22. The van der Waals surface area contributed by atoms with Gasteiger partial charge in [-0.1, -0.05) is 0 Å². The molecule has 0 bridgehead atoms. The normalized spacial score (nSPS) is 13.9. The lowest BCUT2D eigenvalue weighted by Crippen LogP contribution is -2.33. The van der Waals surface area contributed by atoms with Crippen LogP contribution in [0.25, 0.3) is 0 Å². The first-order chi connectivity index (χ1) is 13.0. The van der Waals surface area contributed by atoms with E-state index in [1.165, 1.54) is 0 Å². The Morgan fingerprint density at radius 1 is 1.19 bits per heavy atom. The van der Waals surface area contributed by atoms with Crippen molar-refractivity contribution in [3.05, 3.63) is 42.1 Å². The van der Waals surface area contributed by atoms with Crippen LogP contribution in [-0.4, -0.2) is 40.6 Å². The fourth-order valence-corrected chi connectivity index (χ4v) is 2.99. The van der Waals surface area contributed by atoms with E-state index in [1.807, 2.05) is 13.8 Å². The predicted molar refractivity (Wildman–Crippen MR) is 102 cm³/mol. The van der Waals surface area contributed by atoms with Crippen LogP contribution < -0.4 is 15.5 Å². The Balaban J connectivity index is 1.53. The second-order valence-electron chi connectivity index (χ2n) is 6.68. The predicted octanol–water partition coefficient (Wildman–Crippen LogP) is 1.96. The molecule has 142 valence electrons. The minimum Gasteiger partial charge on any atom is -0.343 e. The minimum absolute atomic E-state index is 0.101. The molecule has 1 saturated heterocycles. The van der Waals surface area contributed by atoms with Crippen LogP contribution in [0.1, 0.15) is 43.1 Å². The van der Waals surface area contributed by atoms with E-state index in [9.17, 15) is 14.4 Å². The molecule has 0 saturated carbocycles. The summed E-state index contributed by atoms with van der Waals surface area (Å²) in [5, 5.41) is 9.47. The number of hydrogen-bond acceptors (Lipinski definition) is 4. The Morgan fingerprint density at radius 2 is 1.93 bits per heavy atom. The number of nitrogens with one attached hydrogen (secondary N) is 2. The van der Waals surface area contributed by atoms with Gasteiger partial charge in [-0.25, -0.2) is 4.68 Å². The smallest absolute Gasteiger partial charge is 0.251 e. The van der Waals surface area contributed by atoms with Crippen molar-refractivity contribution in [2.24, 2.45) is 0 Å². The van der Waals surface area contributed by atoms with Crippen LogP contribution in [0, 0.1) is 0 Å². The van der Waals surface area contributed by atoms with E-state index in [0.717, 1.165) is 12.1 Å². The van der Waals surface area contributed by atoms with E-state index in [-0.39, 0.29) is 30.3 Å². The van der Waals surface area contributed by atoms with Gasteiger partial charge < -0.3 is 15.5 Å². The van der Waals surface area contributed by atoms with E-state index < -0.39 is 0 Å². The van der Waals surface area contributed by atoms with Crippen molar-refractivity contribution in [2.45, 2.75) is 32.7 Å². The molecule has 1 fully saturated rings. The quantitative estimate of drug-likeness (QED) is 0.813. The van der Waals surface area contributed by atoms with Crippen LogP contribution in [0.3, 0.4) is 0 Å². The van der Waals surface area contributed by atoms with E-state index in [2.05, 4.69) is 15.7 Å². The summed E-state index contributed by atoms with van der Waals surface area (Å²) < 4.78 is 1.69. The standard InChI is InChI=1S/C19H23N5O3/c1-13(2)24-16(9-10-21-24)22-17(25)12-20-19(27)14-5-7-15(8-6-14)23-11-3-4-18(23)26/h5-10,13H,3-4,11-12H2,1-2H3,(H,20,27)(H,22,25). The number of hydrogen-bond donors (Lipinski definition) is 2. The van der Waals surface area contributed by atoms with Crippen molar-refractivity contribution in [1.29, 1.82) is 0 Å². The first kappa shape index (κ1) is 18.6. The lowest BCUT2D eigenvalue weighted by molar-refractivity contribution is -0.117. The van der Waals surface area contributed by atoms with Crippen molar-refractivity contribution in [3.8, 4) is 0 Å². The molecule has 2 N–H and O–H groups in total. The number of carbonyl (C=O) groups excluding carboxylic acids is 3. The van der Waals surface area contributed by atoms with E-state index in [4.69, 9.17) is 0 Å². The fourth-order valence-electron chi connectivity index (χ4n) is 2.99. The molecule has 8 heteroatoms. The molecule has 8 nitrogen and oxygen atoms in total. The van der Waals surface area contributed by atoms with Crippen LogP contribution in [-0.2, 0) is 9.59 Å². The summed E-state index contributed by atoms with van der Waals surface area (Å²) in [5.74, 6) is 0.0141. The Bertz CT molecular complexity index is 841. The summed E-state index contributed by atoms with van der Waals surface area (Å²) in [6.07, 6.45) is 3.03. The van der Waals surface area contributed by atoms with Crippen LogP contribution in [0.5, 0.6) is 0 Å². The molecule has 0 radical (unpaired) electrons. The summed E-state index contributed by atoms with van der Waals surface area (Å²) in [4.78, 5) is 37.8. The molecule has 27 heavy (non-hydrogen) atoms. The van der Waals surface area contributed by atoms with Gasteiger partial charge in [-0.2, -0.15) is 5.10 Å². The molecule has 3 rings (SSSR count). The first-order valence-electron chi connectivity index (χ1n) is 8.97. The highest BCUT2D eigenvalue weighted by Gasteiger charge is 2.21. The molecule has 0 unspecified atom stereocenters. The molecule has 1 aromatic heterocycles. The topological polar surface area (TPSA) is 96.3 Å². The van der Waals surface area contributed by atoms with Crippen molar-refractivity contribution in [3.63, 3.8) is 0 Å². The van der Waals surface area contributed by atoms with Gasteiger partial charge in [0.1, 0.15) is 5.82 Å². The summed E-state index contributed by atoms with van der Waals surface area (Å²) >= 11 is 0. The number of anilines is 2. The molecular formula is C19H23N5O3. The van der Waals surface area contributed by atoms with Crippen molar-refractivity contribution < 1.29 is 14.4 Å². The molecule has 0 aliphatic carbocycles.